The molecule has 0 saturated heterocycles. The van der Waals surface area contributed by atoms with Crippen molar-refractivity contribution < 1.29 is 0 Å². The van der Waals surface area contributed by atoms with Crippen LogP contribution < -0.4 is 5.73 Å². The van der Waals surface area contributed by atoms with E-state index in [1.165, 1.54) is 0 Å². The van der Waals surface area contributed by atoms with Crippen molar-refractivity contribution in [1.29, 1.82) is 0 Å². The minimum absolute atomic E-state index is 0.421. The summed E-state index contributed by atoms with van der Waals surface area (Å²) in [7, 11) is 0. The zero-order chi connectivity index (χ0) is 14.2. The lowest BCUT2D eigenvalue weighted by atomic mass is 10.1. The van der Waals surface area contributed by atoms with Gasteiger partial charge in [0.1, 0.15) is 6.33 Å². The summed E-state index contributed by atoms with van der Waals surface area (Å²) in [5.41, 5.74) is 10.7. The van der Waals surface area contributed by atoms with Gasteiger partial charge >= 0.3 is 0 Å². The van der Waals surface area contributed by atoms with E-state index in [2.05, 4.69) is 26.7 Å². The normalized spacial score (nSPS) is 11.3. The van der Waals surface area contributed by atoms with Crippen LogP contribution in [0.3, 0.4) is 0 Å². The number of para-hydroxylation sites is 3. The number of hydrogen-bond donors (Lipinski definition) is 1. The third-order valence-corrected chi connectivity index (χ3v) is 3.67. The predicted octanol–water partition coefficient (Wildman–Crippen LogP) is 3.03. The molecule has 2 N–H and O–H groups in total. The van der Waals surface area contributed by atoms with E-state index in [1.54, 1.807) is 0 Å². The number of nitrogens with zero attached hydrogens (tertiary/aromatic N) is 3. The highest BCUT2D eigenvalue weighted by molar-refractivity contribution is 5.90. The molecule has 21 heavy (non-hydrogen) atoms. The van der Waals surface area contributed by atoms with Gasteiger partial charge in [0.05, 0.1) is 27.9 Å². The Morgan fingerprint density at radius 2 is 1.71 bits per heavy atom. The highest BCUT2D eigenvalue weighted by Crippen LogP contribution is 2.25. The zero-order valence-corrected chi connectivity index (χ0v) is 11.4. The molecule has 0 fully saturated rings. The highest BCUT2D eigenvalue weighted by atomic mass is 15.1. The van der Waals surface area contributed by atoms with Crippen molar-refractivity contribution in [2.24, 2.45) is 5.73 Å². The Bertz CT molecular complexity index is 940. The molecule has 0 bridgehead atoms. The lowest BCUT2D eigenvalue weighted by molar-refractivity contribution is 0.991. The molecule has 4 aromatic rings. The summed E-state index contributed by atoms with van der Waals surface area (Å²) in [6.45, 7) is 0.421. The van der Waals surface area contributed by atoms with Crippen LogP contribution in [0, 0.1) is 0 Å². The summed E-state index contributed by atoms with van der Waals surface area (Å²) in [4.78, 5) is 9.05. The van der Waals surface area contributed by atoms with Gasteiger partial charge < -0.3 is 5.73 Å². The Labute approximate surface area is 121 Å². The predicted molar refractivity (Wildman–Crippen MR) is 84.3 cm³/mol. The molecule has 0 spiro atoms. The Morgan fingerprint density at radius 1 is 0.952 bits per heavy atom. The Kier molecular flexibility index (Phi) is 2.69. The number of hydrogen-bond acceptors (Lipinski definition) is 3. The monoisotopic (exact) mass is 274 g/mol. The molecule has 2 aromatic carbocycles. The Morgan fingerprint density at radius 3 is 2.57 bits per heavy atom. The fraction of sp³-hybridized carbons (Fsp3) is 0.0588. The van der Waals surface area contributed by atoms with Crippen molar-refractivity contribution in [3.05, 3.63) is 66.6 Å². The molecule has 0 saturated carbocycles. The highest BCUT2D eigenvalue weighted by Gasteiger charge is 2.09. The molecule has 102 valence electrons. The van der Waals surface area contributed by atoms with E-state index in [4.69, 9.17) is 5.73 Å². The van der Waals surface area contributed by atoms with Crippen LogP contribution in [0.4, 0.5) is 0 Å². The van der Waals surface area contributed by atoms with Crippen molar-refractivity contribution >= 4 is 21.9 Å². The Balaban J connectivity index is 2.09. The van der Waals surface area contributed by atoms with Gasteiger partial charge in [-0.25, -0.2) is 4.98 Å². The van der Waals surface area contributed by atoms with Gasteiger partial charge in [-0.2, -0.15) is 0 Å². The number of imidazole rings is 1. The fourth-order valence-corrected chi connectivity index (χ4v) is 2.67. The lowest BCUT2D eigenvalue weighted by Gasteiger charge is -2.10. The molecule has 2 aromatic heterocycles. The standard InChI is InChI=1S/C17H14N4/c18-10-12-9-17(13-5-1-2-6-14(13)20-12)21-11-19-15-7-3-4-8-16(15)21/h1-9,11H,10,18H2. The molecule has 2 heterocycles. The third kappa shape index (κ3) is 1.88. The van der Waals surface area contributed by atoms with Gasteiger partial charge in [-0.1, -0.05) is 30.3 Å². The van der Waals surface area contributed by atoms with Crippen LogP contribution in [0.25, 0.3) is 27.6 Å². The first-order valence-corrected chi connectivity index (χ1v) is 6.88. The van der Waals surface area contributed by atoms with Crippen molar-refractivity contribution in [3.8, 4) is 5.69 Å². The smallest absolute Gasteiger partial charge is 0.100 e. The molecule has 4 rings (SSSR count). The van der Waals surface area contributed by atoms with Crippen LogP contribution >= 0.6 is 0 Å². The number of aromatic nitrogens is 3. The molecule has 0 aliphatic heterocycles. The topological polar surface area (TPSA) is 56.7 Å². The largest absolute Gasteiger partial charge is 0.325 e. The number of benzene rings is 2. The quantitative estimate of drug-likeness (QED) is 0.611. The third-order valence-electron chi connectivity index (χ3n) is 3.67. The van der Waals surface area contributed by atoms with Gasteiger partial charge in [0.2, 0.25) is 0 Å². The first kappa shape index (κ1) is 12.1. The molecule has 4 heteroatoms. The van der Waals surface area contributed by atoms with Gasteiger partial charge in [-0.15, -0.1) is 0 Å². The van der Waals surface area contributed by atoms with Gasteiger partial charge in [-0.3, -0.25) is 9.55 Å². The molecule has 0 aliphatic rings. The molecule has 0 radical (unpaired) electrons. The lowest BCUT2D eigenvalue weighted by Crippen LogP contribution is -2.03. The van der Waals surface area contributed by atoms with Crippen LogP contribution in [-0.2, 0) is 6.54 Å². The minimum Gasteiger partial charge on any atom is -0.325 e. The summed E-state index contributed by atoms with van der Waals surface area (Å²) < 4.78 is 2.10. The molecule has 0 aliphatic carbocycles. The molecular formula is C17H14N4. The van der Waals surface area contributed by atoms with E-state index in [-0.39, 0.29) is 0 Å². The van der Waals surface area contributed by atoms with E-state index >= 15 is 0 Å². The number of rotatable bonds is 2. The van der Waals surface area contributed by atoms with E-state index in [1.807, 2.05) is 48.8 Å². The summed E-state index contributed by atoms with van der Waals surface area (Å²) >= 11 is 0. The number of pyridine rings is 1. The first-order valence-electron chi connectivity index (χ1n) is 6.88. The van der Waals surface area contributed by atoms with Gasteiger partial charge in [-0.05, 0) is 24.3 Å². The van der Waals surface area contributed by atoms with Gasteiger partial charge in [0, 0.05) is 11.9 Å². The maximum Gasteiger partial charge on any atom is 0.100 e. The van der Waals surface area contributed by atoms with Crippen LogP contribution in [0.2, 0.25) is 0 Å². The summed E-state index contributed by atoms with van der Waals surface area (Å²) in [5, 5.41) is 1.10. The molecule has 0 amide bonds. The van der Waals surface area contributed by atoms with Crippen molar-refractivity contribution in [3.63, 3.8) is 0 Å². The second-order valence-electron chi connectivity index (χ2n) is 4.96. The molecular weight excluding hydrogens is 260 g/mol. The summed E-state index contributed by atoms with van der Waals surface area (Å²) in [6.07, 6.45) is 1.85. The average Bonchev–Trinajstić information content (AvgIpc) is 2.97. The van der Waals surface area contributed by atoms with E-state index in [0.717, 1.165) is 33.3 Å². The maximum absolute atomic E-state index is 5.79. The van der Waals surface area contributed by atoms with Crippen LogP contribution in [0.1, 0.15) is 5.69 Å². The first-order chi connectivity index (χ1) is 10.4. The maximum atomic E-state index is 5.79. The van der Waals surface area contributed by atoms with Crippen molar-refractivity contribution in [1.82, 2.24) is 14.5 Å². The van der Waals surface area contributed by atoms with Crippen LogP contribution in [0.15, 0.2) is 60.9 Å². The minimum atomic E-state index is 0.421. The SMILES string of the molecule is NCc1cc(-n2cnc3ccccc32)c2ccccc2n1. The molecule has 0 atom stereocenters. The average molecular weight is 274 g/mol. The van der Waals surface area contributed by atoms with Gasteiger partial charge in [0.15, 0.2) is 0 Å². The number of nitrogens with two attached hydrogens (primary N) is 1. The summed E-state index contributed by atoms with van der Waals surface area (Å²) in [5.74, 6) is 0. The van der Waals surface area contributed by atoms with Crippen LogP contribution in [-0.4, -0.2) is 14.5 Å². The fourth-order valence-electron chi connectivity index (χ4n) is 2.67. The van der Waals surface area contributed by atoms with Crippen molar-refractivity contribution in [2.45, 2.75) is 6.54 Å². The molecule has 4 nitrogen and oxygen atoms in total. The second-order valence-corrected chi connectivity index (χ2v) is 4.96. The zero-order valence-electron chi connectivity index (χ0n) is 11.4. The van der Waals surface area contributed by atoms with Crippen LogP contribution in [0.5, 0.6) is 0 Å². The molecule has 0 unspecified atom stereocenters. The summed E-state index contributed by atoms with van der Waals surface area (Å²) in [6, 6.07) is 18.2. The Hall–Kier alpha value is -2.72. The van der Waals surface area contributed by atoms with E-state index < -0.39 is 0 Å². The second kappa shape index (κ2) is 4.68. The van der Waals surface area contributed by atoms with E-state index in [9.17, 15) is 0 Å². The van der Waals surface area contributed by atoms with E-state index in [0.29, 0.717) is 6.54 Å². The van der Waals surface area contributed by atoms with Crippen molar-refractivity contribution in [2.75, 3.05) is 0 Å². The number of fused-ring (bicyclic) bond motifs is 2. The van der Waals surface area contributed by atoms with Gasteiger partial charge in [0.25, 0.3) is 0 Å².